The molecular formula is C20H22ClN3O2. The minimum Gasteiger partial charge on any atom is -0.335 e. The van der Waals surface area contributed by atoms with Gasteiger partial charge >= 0.3 is 6.03 Å². The quantitative estimate of drug-likeness (QED) is 0.899. The zero-order valence-corrected chi connectivity index (χ0v) is 15.5. The second-order valence-electron chi connectivity index (χ2n) is 6.43. The van der Waals surface area contributed by atoms with Gasteiger partial charge in [-0.05, 0) is 30.7 Å². The lowest BCUT2D eigenvalue weighted by Crippen LogP contribution is -2.53. The van der Waals surface area contributed by atoms with Gasteiger partial charge in [-0.3, -0.25) is 4.79 Å². The molecule has 2 aromatic carbocycles. The fourth-order valence-electron chi connectivity index (χ4n) is 2.91. The molecule has 0 atom stereocenters. The van der Waals surface area contributed by atoms with E-state index < -0.39 is 0 Å². The Balaban J connectivity index is 1.49. The Morgan fingerprint density at radius 1 is 1.00 bits per heavy atom. The first kappa shape index (κ1) is 18.3. The van der Waals surface area contributed by atoms with Gasteiger partial charge in [0.1, 0.15) is 0 Å². The van der Waals surface area contributed by atoms with E-state index >= 15 is 0 Å². The first-order valence-electron chi connectivity index (χ1n) is 8.66. The normalized spacial score (nSPS) is 14.2. The van der Waals surface area contributed by atoms with Crippen molar-refractivity contribution in [3.05, 3.63) is 70.2 Å². The average Bonchev–Trinajstić information content (AvgIpc) is 2.67. The number of hydrogen-bond donors (Lipinski definition) is 1. The minimum atomic E-state index is -0.0968. The molecule has 0 spiro atoms. The zero-order chi connectivity index (χ0) is 18.5. The van der Waals surface area contributed by atoms with Crippen LogP contribution in [-0.2, 0) is 6.54 Å². The fraction of sp³-hybridized carbons (Fsp3) is 0.300. The molecule has 1 aliphatic rings. The SMILES string of the molecule is Cc1ccc(CNC(=O)N2CCN(C(=O)c3cccc(Cl)c3)CC2)cc1. The summed E-state index contributed by atoms with van der Waals surface area (Å²) in [5, 5.41) is 3.48. The van der Waals surface area contributed by atoms with Crippen LogP contribution in [0.15, 0.2) is 48.5 Å². The number of urea groups is 1. The van der Waals surface area contributed by atoms with Crippen LogP contribution >= 0.6 is 11.6 Å². The highest BCUT2D eigenvalue weighted by molar-refractivity contribution is 6.30. The van der Waals surface area contributed by atoms with Gasteiger partial charge in [-0.15, -0.1) is 0 Å². The number of piperazine rings is 1. The maximum atomic E-state index is 12.5. The number of carbonyl (C=O) groups is 2. The van der Waals surface area contributed by atoms with E-state index in [1.54, 1.807) is 34.1 Å². The third kappa shape index (κ3) is 4.55. The van der Waals surface area contributed by atoms with Gasteiger partial charge in [-0.2, -0.15) is 0 Å². The molecule has 1 fully saturated rings. The van der Waals surface area contributed by atoms with Crippen LogP contribution in [0.2, 0.25) is 5.02 Å². The van der Waals surface area contributed by atoms with E-state index in [2.05, 4.69) is 5.32 Å². The predicted octanol–water partition coefficient (Wildman–Crippen LogP) is 3.32. The Bertz CT molecular complexity index is 784. The molecule has 3 rings (SSSR count). The zero-order valence-electron chi connectivity index (χ0n) is 14.7. The Kier molecular flexibility index (Phi) is 5.78. The van der Waals surface area contributed by atoms with E-state index in [-0.39, 0.29) is 11.9 Å². The fourth-order valence-corrected chi connectivity index (χ4v) is 3.10. The van der Waals surface area contributed by atoms with Crippen molar-refractivity contribution in [1.29, 1.82) is 0 Å². The second kappa shape index (κ2) is 8.23. The highest BCUT2D eigenvalue weighted by Gasteiger charge is 2.24. The summed E-state index contributed by atoms with van der Waals surface area (Å²) in [5.41, 5.74) is 2.84. The van der Waals surface area contributed by atoms with Crippen LogP contribution in [0.1, 0.15) is 21.5 Å². The van der Waals surface area contributed by atoms with Gasteiger partial charge in [-0.25, -0.2) is 4.79 Å². The summed E-state index contributed by atoms with van der Waals surface area (Å²) >= 11 is 5.95. The summed E-state index contributed by atoms with van der Waals surface area (Å²) in [6, 6.07) is 14.9. The van der Waals surface area contributed by atoms with Gasteiger partial charge < -0.3 is 15.1 Å². The number of carbonyl (C=O) groups excluding carboxylic acids is 2. The molecule has 0 unspecified atom stereocenters. The van der Waals surface area contributed by atoms with Gasteiger partial charge in [0, 0.05) is 43.3 Å². The molecule has 6 heteroatoms. The first-order valence-corrected chi connectivity index (χ1v) is 9.04. The van der Waals surface area contributed by atoms with Crippen LogP contribution in [-0.4, -0.2) is 47.9 Å². The lowest BCUT2D eigenvalue weighted by atomic mass is 10.1. The van der Waals surface area contributed by atoms with Crippen LogP contribution in [0.4, 0.5) is 4.79 Å². The van der Waals surface area contributed by atoms with Gasteiger partial charge in [0.2, 0.25) is 0 Å². The van der Waals surface area contributed by atoms with Gasteiger partial charge in [0.05, 0.1) is 0 Å². The van der Waals surface area contributed by atoms with E-state index in [1.165, 1.54) is 5.56 Å². The Morgan fingerprint density at radius 2 is 1.65 bits per heavy atom. The van der Waals surface area contributed by atoms with E-state index in [1.807, 2.05) is 31.2 Å². The first-order chi connectivity index (χ1) is 12.5. The molecule has 136 valence electrons. The van der Waals surface area contributed by atoms with Crippen molar-refractivity contribution in [2.24, 2.45) is 0 Å². The molecular weight excluding hydrogens is 350 g/mol. The number of amides is 3. The third-order valence-electron chi connectivity index (χ3n) is 4.49. The van der Waals surface area contributed by atoms with Gasteiger partial charge in [0.15, 0.2) is 0 Å². The maximum Gasteiger partial charge on any atom is 0.317 e. The van der Waals surface area contributed by atoms with Crippen molar-refractivity contribution in [2.45, 2.75) is 13.5 Å². The number of nitrogens with zero attached hydrogens (tertiary/aromatic N) is 2. The lowest BCUT2D eigenvalue weighted by Gasteiger charge is -2.34. The molecule has 1 saturated heterocycles. The van der Waals surface area contributed by atoms with E-state index in [4.69, 9.17) is 11.6 Å². The molecule has 0 saturated carbocycles. The van der Waals surface area contributed by atoms with Crippen molar-refractivity contribution in [3.8, 4) is 0 Å². The van der Waals surface area contributed by atoms with Crippen molar-refractivity contribution < 1.29 is 9.59 Å². The molecule has 26 heavy (non-hydrogen) atoms. The molecule has 0 bridgehead atoms. The van der Waals surface area contributed by atoms with Gasteiger partial charge in [0.25, 0.3) is 5.91 Å². The van der Waals surface area contributed by atoms with Crippen molar-refractivity contribution in [3.63, 3.8) is 0 Å². The largest absolute Gasteiger partial charge is 0.335 e. The number of nitrogens with one attached hydrogen (secondary N) is 1. The summed E-state index contributed by atoms with van der Waals surface area (Å²) in [5.74, 6) is -0.0489. The monoisotopic (exact) mass is 371 g/mol. The standard InChI is InChI=1S/C20H22ClN3O2/c1-15-5-7-16(8-6-15)14-22-20(26)24-11-9-23(10-12-24)19(25)17-3-2-4-18(21)13-17/h2-8,13H,9-12,14H2,1H3,(H,22,26). The highest BCUT2D eigenvalue weighted by Crippen LogP contribution is 2.14. The van der Waals surface area contributed by atoms with E-state index in [0.717, 1.165) is 5.56 Å². The summed E-state index contributed by atoms with van der Waals surface area (Å²) in [4.78, 5) is 28.3. The number of benzene rings is 2. The molecule has 0 aromatic heterocycles. The molecule has 0 aliphatic carbocycles. The van der Waals surface area contributed by atoms with E-state index in [9.17, 15) is 9.59 Å². The smallest absolute Gasteiger partial charge is 0.317 e. The number of aryl methyl sites for hydroxylation is 1. The Hall–Kier alpha value is -2.53. The van der Waals surface area contributed by atoms with Gasteiger partial charge in [-0.1, -0.05) is 47.5 Å². The Labute approximate surface area is 158 Å². The highest BCUT2D eigenvalue weighted by atomic mass is 35.5. The minimum absolute atomic E-state index is 0.0489. The van der Waals surface area contributed by atoms with Crippen LogP contribution in [0.25, 0.3) is 0 Å². The van der Waals surface area contributed by atoms with Crippen molar-refractivity contribution in [1.82, 2.24) is 15.1 Å². The molecule has 1 heterocycles. The summed E-state index contributed by atoms with van der Waals surface area (Å²) in [6.07, 6.45) is 0. The van der Waals surface area contributed by atoms with E-state index in [0.29, 0.717) is 43.3 Å². The topological polar surface area (TPSA) is 52.7 Å². The van der Waals surface area contributed by atoms with Crippen LogP contribution < -0.4 is 5.32 Å². The maximum absolute atomic E-state index is 12.5. The van der Waals surface area contributed by atoms with Crippen molar-refractivity contribution >= 4 is 23.5 Å². The molecule has 0 radical (unpaired) electrons. The van der Waals surface area contributed by atoms with Crippen molar-refractivity contribution in [2.75, 3.05) is 26.2 Å². The summed E-state index contributed by atoms with van der Waals surface area (Å²) in [6.45, 7) is 4.61. The third-order valence-corrected chi connectivity index (χ3v) is 4.73. The lowest BCUT2D eigenvalue weighted by molar-refractivity contribution is 0.0665. The molecule has 1 N–H and O–H groups in total. The molecule has 2 aromatic rings. The number of halogens is 1. The molecule has 3 amide bonds. The average molecular weight is 372 g/mol. The van der Waals surface area contributed by atoms with Crippen LogP contribution in [0.3, 0.4) is 0 Å². The second-order valence-corrected chi connectivity index (χ2v) is 6.87. The van der Waals surface area contributed by atoms with Crippen LogP contribution in [0.5, 0.6) is 0 Å². The number of rotatable bonds is 3. The summed E-state index contributed by atoms with van der Waals surface area (Å²) < 4.78 is 0. The van der Waals surface area contributed by atoms with Crippen LogP contribution in [0, 0.1) is 6.92 Å². The molecule has 1 aliphatic heterocycles. The molecule has 5 nitrogen and oxygen atoms in total. The summed E-state index contributed by atoms with van der Waals surface area (Å²) in [7, 11) is 0. The Morgan fingerprint density at radius 3 is 2.31 bits per heavy atom. The predicted molar refractivity (Wildman–Crippen MR) is 102 cm³/mol. The number of hydrogen-bond acceptors (Lipinski definition) is 2.